The first-order valence-electron chi connectivity index (χ1n) is 8.80. The first-order valence-corrected chi connectivity index (χ1v) is 10.7. The summed E-state index contributed by atoms with van der Waals surface area (Å²) in [6.45, 7) is 1.05. The van der Waals surface area contributed by atoms with Crippen LogP contribution in [0, 0.1) is 5.92 Å². The third kappa shape index (κ3) is 4.95. The Hall–Kier alpha value is -2.67. The Kier molecular flexibility index (Phi) is 5.60. The van der Waals surface area contributed by atoms with Crippen molar-refractivity contribution in [2.24, 2.45) is 5.92 Å². The second kappa shape index (κ2) is 7.92. The molecule has 2 aromatic rings. The molecule has 27 heavy (non-hydrogen) atoms. The average molecular weight is 386 g/mol. The molecule has 1 atom stereocenters. The standard InChI is InChI=1S/C20H22N2O4S/c1-27(25,26)21-18-11-9-15(10-12-18)19(23)17-8-5-13-22(14-17)20(24)16-6-3-2-4-7-16/h2-4,6-7,9-12,17,21H,5,8,13-14H2,1H3. The van der Waals surface area contributed by atoms with Crippen molar-refractivity contribution in [3.8, 4) is 0 Å². The fraction of sp³-hybridized carbons (Fsp3) is 0.300. The zero-order valence-corrected chi connectivity index (χ0v) is 15.9. The van der Waals surface area contributed by atoms with E-state index < -0.39 is 10.0 Å². The molecule has 142 valence electrons. The molecule has 1 aliphatic heterocycles. The smallest absolute Gasteiger partial charge is 0.253 e. The highest BCUT2D eigenvalue weighted by molar-refractivity contribution is 7.92. The molecule has 1 unspecified atom stereocenters. The summed E-state index contributed by atoms with van der Waals surface area (Å²) in [4.78, 5) is 27.2. The largest absolute Gasteiger partial charge is 0.338 e. The van der Waals surface area contributed by atoms with Gasteiger partial charge in [0.15, 0.2) is 5.78 Å². The van der Waals surface area contributed by atoms with Crippen LogP contribution in [0.2, 0.25) is 0 Å². The quantitative estimate of drug-likeness (QED) is 0.801. The van der Waals surface area contributed by atoms with Crippen molar-refractivity contribution in [3.63, 3.8) is 0 Å². The summed E-state index contributed by atoms with van der Waals surface area (Å²) in [5.41, 5.74) is 1.56. The van der Waals surface area contributed by atoms with Gasteiger partial charge in [-0.15, -0.1) is 0 Å². The first kappa shape index (κ1) is 19.1. The van der Waals surface area contributed by atoms with Crippen LogP contribution in [-0.4, -0.2) is 44.4 Å². The van der Waals surface area contributed by atoms with E-state index in [2.05, 4.69) is 4.72 Å². The Morgan fingerprint density at radius 1 is 1.00 bits per heavy atom. The predicted octanol–water partition coefficient (Wildman–Crippen LogP) is 2.79. The molecule has 3 rings (SSSR count). The van der Waals surface area contributed by atoms with E-state index in [1.807, 2.05) is 18.2 Å². The number of carbonyl (C=O) groups is 2. The fourth-order valence-corrected chi connectivity index (χ4v) is 3.86. The van der Waals surface area contributed by atoms with Crippen molar-refractivity contribution in [2.75, 3.05) is 24.1 Å². The molecule has 0 saturated carbocycles. The van der Waals surface area contributed by atoms with Gasteiger partial charge < -0.3 is 4.90 Å². The number of nitrogens with one attached hydrogen (secondary N) is 1. The molecule has 7 heteroatoms. The number of ketones is 1. The minimum absolute atomic E-state index is 0.0218. The second-order valence-corrected chi connectivity index (χ2v) is 8.52. The van der Waals surface area contributed by atoms with E-state index in [1.165, 1.54) is 0 Å². The molecule has 0 radical (unpaired) electrons. The van der Waals surface area contributed by atoms with Crippen molar-refractivity contribution in [3.05, 3.63) is 65.7 Å². The van der Waals surface area contributed by atoms with Gasteiger partial charge in [-0.3, -0.25) is 14.3 Å². The summed E-state index contributed by atoms with van der Waals surface area (Å²) in [5, 5.41) is 0. The Balaban J connectivity index is 1.69. The summed E-state index contributed by atoms with van der Waals surface area (Å²) in [7, 11) is -3.35. The number of sulfonamides is 1. The average Bonchev–Trinajstić information content (AvgIpc) is 2.67. The lowest BCUT2D eigenvalue weighted by Crippen LogP contribution is -2.42. The van der Waals surface area contributed by atoms with Crippen LogP contribution in [0.3, 0.4) is 0 Å². The second-order valence-electron chi connectivity index (χ2n) is 6.77. The lowest BCUT2D eigenvalue weighted by molar-refractivity contribution is 0.0637. The van der Waals surface area contributed by atoms with Crippen LogP contribution in [0.1, 0.15) is 33.6 Å². The number of hydrogen-bond donors (Lipinski definition) is 1. The number of anilines is 1. The highest BCUT2D eigenvalue weighted by Gasteiger charge is 2.29. The summed E-state index contributed by atoms with van der Waals surface area (Å²) in [5.74, 6) is -0.326. The van der Waals surface area contributed by atoms with Gasteiger partial charge in [0.1, 0.15) is 0 Å². The van der Waals surface area contributed by atoms with Gasteiger partial charge in [0, 0.05) is 35.8 Å². The Labute approximate surface area is 159 Å². The van der Waals surface area contributed by atoms with Gasteiger partial charge in [-0.1, -0.05) is 18.2 Å². The minimum Gasteiger partial charge on any atom is -0.338 e. The number of rotatable bonds is 5. The molecule has 0 aliphatic carbocycles. The number of benzene rings is 2. The number of likely N-dealkylation sites (tertiary alicyclic amines) is 1. The van der Waals surface area contributed by atoms with Crippen LogP contribution in [0.15, 0.2) is 54.6 Å². The molecular weight excluding hydrogens is 364 g/mol. The topological polar surface area (TPSA) is 83.6 Å². The maximum Gasteiger partial charge on any atom is 0.253 e. The molecule has 0 bridgehead atoms. The zero-order chi connectivity index (χ0) is 19.4. The van der Waals surface area contributed by atoms with Crippen LogP contribution in [0.25, 0.3) is 0 Å². The third-order valence-electron chi connectivity index (χ3n) is 4.57. The van der Waals surface area contributed by atoms with Crippen molar-refractivity contribution >= 4 is 27.4 Å². The van der Waals surface area contributed by atoms with E-state index in [0.717, 1.165) is 19.1 Å². The highest BCUT2D eigenvalue weighted by atomic mass is 32.2. The molecule has 1 N–H and O–H groups in total. The molecule has 2 aromatic carbocycles. The maximum atomic E-state index is 12.8. The molecule has 0 aromatic heterocycles. The van der Waals surface area contributed by atoms with Crippen molar-refractivity contribution in [1.82, 2.24) is 4.90 Å². The van der Waals surface area contributed by atoms with Gasteiger partial charge in [-0.25, -0.2) is 8.42 Å². The zero-order valence-electron chi connectivity index (χ0n) is 15.1. The van der Waals surface area contributed by atoms with Crippen molar-refractivity contribution < 1.29 is 18.0 Å². The van der Waals surface area contributed by atoms with Gasteiger partial charge in [-0.05, 0) is 49.2 Å². The SMILES string of the molecule is CS(=O)(=O)Nc1ccc(C(=O)C2CCCN(C(=O)c3ccccc3)C2)cc1. The number of hydrogen-bond acceptors (Lipinski definition) is 4. The van der Waals surface area contributed by atoms with Crippen LogP contribution in [0.4, 0.5) is 5.69 Å². The molecule has 0 spiro atoms. The summed E-state index contributed by atoms with van der Waals surface area (Å²) >= 11 is 0. The Morgan fingerprint density at radius 3 is 2.30 bits per heavy atom. The van der Waals surface area contributed by atoms with E-state index >= 15 is 0 Å². The third-order valence-corrected chi connectivity index (χ3v) is 5.18. The maximum absolute atomic E-state index is 12.8. The molecule has 1 saturated heterocycles. The van der Waals surface area contributed by atoms with Gasteiger partial charge in [0.25, 0.3) is 5.91 Å². The molecule has 1 amide bonds. The van der Waals surface area contributed by atoms with Crippen LogP contribution < -0.4 is 4.72 Å². The van der Waals surface area contributed by atoms with Crippen molar-refractivity contribution in [2.45, 2.75) is 12.8 Å². The first-order chi connectivity index (χ1) is 12.8. The van der Waals surface area contributed by atoms with Gasteiger partial charge in [0.2, 0.25) is 10.0 Å². The lowest BCUT2D eigenvalue weighted by Gasteiger charge is -2.32. The van der Waals surface area contributed by atoms with Gasteiger partial charge >= 0.3 is 0 Å². The van der Waals surface area contributed by atoms with E-state index in [1.54, 1.807) is 41.3 Å². The number of Topliss-reactive ketones (excluding diaryl/α,β-unsaturated/α-hetero) is 1. The number of carbonyl (C=O) groups excluding carboxylic acids is 2. The number of amides is 1. The molecule has 1 heterocycles. The van der Waals surface area contributed by atoms with E-state index in [9.17, 15) is 18.0 Å². The van der Waals surface area contributed by atoms with Crippen LogP contribution in [-0.2, 0) is 10.0 Å². The summed E-state index contributed by atoms with van der Waals surface area (Å²) in [6, 6.07) is 15.5. The van der Waals surface area contributed by atoms with Gasteiger partial charge in [-0.2, -0.15) is 0 Å². The van der Waals surface area contributed by atoms with E-state index in [4.69, 9.17) is 0 Å². The molecular formula is C20H22N2O4S. The van der Waals surface area contributed by atoms with Crippen molar-refractivity contribution in [1.29, 1.82) is 0 Å². The summed E-state index contributed by atoms with van der Waals surface area (Å²) in [6.07, 6.45) is 2.59. The number of nitrogens with zero attached hydrogens (tertiary/aromatic N) is 1. The molecule has 1 fully saturated rings. The van der Waals surface area contributed by atoms with Gasteiger partial charge in [0.05, 0.1) is 6.26 Å². The van der Waals surface area contributed by atoms with Crippen LogP contribution in [0.5, 0.6) is 0 Å². The normalized spacial score (nSPS) is 17.4. The Morgan fingerprint density at radius 2 is 1.67 bits per heavy atom. The summed E-state index contributed by atoms with van der Waals surface area (Å²) < 4.78 is 24.9. The number of piperidine rings is 1. The molecule has 6 nitrogen and oxygen atoms in total. The molecule has 1 aliphatic rings. The minimum atomic E-state index is -3.35. The Bertz CT molecular complexity index is 924. The highest BCUT2D eigenvalue weighted by Crippen LogP contribution is 2.23. The fourth-order valence-electron chi connectivity index (χ4n) is 3.29. The van der Waals surface area contributed by atoms with E-state index in [0.29, 0.717) is 29.9 Å². The lowest BCUT2D eigenvalue weighted by atomic mass is 9.89. The van der Waals surface area contributed by atoms with Crippen LogP contribution >= 0.6 is 0 Å². The monoisotopic (exact) mass is 386 g/mol. The predicted molar refractivity (Wildman–Crippen MR) is 104 cm³/mol. The van der Waals surface area contributed by atoms with E-state index in [-0.39, 0.29) is 17.6 Å².